The predicted octanol–water partition coefficient (Wildman–Crippen LogP) is 4.78. The number of nitrogens with zero attached hydrogens (tertiary/aromatic N) is 1. The summed E-state index contributed by atoms with van der Waals surface area (Å²) < 4.78 is 13.3. The average molecular weight is 447 g/mol. The van der Waals surface area contributed by atoms with Crippen LogP contribution in [0.15, 0.2) is 84.9 Å². The van der Waals surface area contributed by atoms with Gasteiger partial charge in [0.05, 0.1) is 6.42 Å². The summed E-state index contributed by atoms with van der Waals surface area (Å²) in [4.78, 5) is 28.5. The first-order valence-corrected chi connectivity index (χ1v) is 11.3. The van der Waals surface area contributed by atoms with E-state index in [1.54, 1.807) is 17.0 Å². The van der Waals surface area contributed by atoms with Crippen LogP contribution in [0.25, 0.3) is 0 Å². The Morgan fingerprint density at radius 2 is 1.39 bits per heavy atom. The minimum absolute atomic E-state index is 0.0931. The summed E-state index contributed by atoms with van der Waals surface area (Å²) in [5, 5.41) is 3.01. The molecule has 0 saturated heterocycles. The van der Waals surface area contributed by atoms with E-state index in [2.05, 4.69) is 5.32 Å². The fourth-order valence-corrected chi connectivity index (χ4v) is 3.64. The Hall–Kier alpha value is -3.47. The highest BCUT2D eigenvalue weighted by Crippen LogP contribution is 2.17. The minimum Gasteiger partial charge on any atom is -0.354 e. The van der Waals surface area contributed by atoms with Gasteiger partial charge in [-0.05, 0) is 34.7 Å². The Morgan fingerprint density at radius 3 is 1.97 bits per heavy atom. The second-order valence-electron chi connectivity index (χ2n) is 8.66. The van der Waals surface area contributed by atoms with E-state index in [-0.39, 0.29) is 24.1 Å². The van der Waals surface area contributed by atoms with Gasteiger partial charge in [0.15, 0.2) is 0 Å². The van der Waals surface area contributed by atoms with E-state index in [9.17, 15) is 14.0 Å². The molecule has 33 heavy (non-hydrogen) atoms. The van der Waals surface area contributed by atoms with Crippen molar-refractivity contribution in [3.8, 4) is 0 Å². The number of nitrogens with one attached hydrogen (secondary N) is 1. The van der Waals surface area contributed by atoms with Crippen LogP contribution in [0.2, 0.25) is 0 Å². The van der Waals surface area contributed by atoms with Gasteiger partial charge < -0.3 is 10.2 Å². The van der Waals surface area contributed by atoms with Crippen molar-refractivity contribution in [2.75, 3.05) is 6.54 Å². The van der Waals surface area contributed by atoms with Crippen LogP contribution in [0.3, 0.4) is 0 Å². The number of carbonyl (C=O) groups is 2. The van der Waals surface area contributed by atoms with E-state index in [1.807, 2.05) is 74.5 Å². The molecule has 0 aromatic heterocycles. The molecule has 0 bridgehead atoms. The Balaban J connectivity index is 1.92. The number of hydrogen-bond acceptors (Lipinski definition) is 2. The Bertz CT molecular complexity index is 1020. The maximum Gasteiger partial charge on any atom is 0.243 e. The quantitative estimate of drug-likeness (QED) is 0.487. The van der Waals surface area contributed by atoms with Gasteiger partial charge in [0.2, 0.25) is 11.8 Å². The fraction of sp³-hybridized carbons (Fsp3) is 0.286. The monoisotopic (exact) mass is 446 g/mol. The van der Waals surface area contributed by atoms with Crippen LogP contribution in [-0.4, -0.2) is 29.3 Å². The first-order chi connectivity index (χ1) is 15.9. The molecule has 172 valence electrons. The summed E-state index contributed by atoms with van der Waals surface area (Å²) in [6, 6.07) is 24.6. The van der Waals surface area contributed by atoms with Crippen LogP contribution in [0.1, 0.15) is 30.5 Å². The summed E-state index contributed by atoms with van der Waals surface area (Å²) in [7, 11) is 0. The van der Waals surface area contributed by atoms with E-state index < -0.39 is 6.04 Å². The highest BCUT2D eigenvalue weighted by Gasteiger charge is 2.30. The third-order valence-corrected chi connectivity index (χ3v) is 5.42. The molecule has 1 N–H and O–H groups in total. The van der Waals surface area contributed by atoms with Crippen molar-refractivity contribution in [1.29, 1.82) is 0 Å². The van der Waals surface area contributed by atoms with Crippen LogP contribution in [0, 0.1) is 11.7 Å². The lowest BCUT2D eigenvalue weighted by molar-refractivity contribution is -0.140. The highest BCUT2D eigenvalue weighted by atomic mass is 19.1. The number of hydrogen-bond donors (Lipinski definition) is 1. The van der Waals surface area contributed by atoms with Gasteiger partial charge in [-0.1, -0.05) is 86.6 Å². The lowest BCUT2D eigenvalue weighted by atomic mass is 10.0. The molecule has 3 aromatic carbocycles. The molecule has 0 heterocycles. The Labute approximate surface area is 195 Å². The third-order valence-electron chi connectivity index (χ3n) is 5.42. The summed E-state index contributed by atoms with van der Waals surface area (Å²) in [5.41, 5.74) is 2.63. The molecule has 5 heteroatoms. The van der Waals surface area contributed by atoms with Crippen molar-refractivity contribution in [3.05, 3.63) is 107 Å². The number of halogens is 1. The second-order valence-corrected chi connectivity index (χ2v) is 8.66. The SMILES string of the molecule is CC(C)CNC(=O)C(Cc1ccccc1)N(Cc1ccccc1)C(=O)Cc1ccc(F)cc1. The molecule has 0 aliphatic heterocycles. The fourth-order valence-electron chi connectivity index (χ4n) is 3.64. The van der Waals surface area contributed by atoms with Gasteiger partial charge in [-0.3, -0.25) is 9.59 Å². The van der Waals surface area contributed by atoms with Gasteiger partial charge in [0, 0.05) is 19.5 Å². The molecule has 4 nitrogen and oxygen atoms in total. The van der Waals surface area contributed by atoms with E-state index in [1.165, 1.54) is 12.1 Å². The number of rotatable bonds is 10. The van der Waals surface area contributed by atoms with Crippen LogP contribution in [-0.2, 0) is 29.0 Å². The van der Waals surface area contributed by atoms with E-state index >= 15 is 0 Å². The number of benzene rings is 3. The zero-order valence-corrected chi connectivity index (χ0v) is 19.2. The van der Waals surface area contributed by atoms with Gasteiger partial charge >= 0.3 is 0 Å². The second kappa shape index (κ2) is 12.0. The molecule has 0 fully saturated rings. The molecule has 1 unspecified atom stereocenters. The van der Waals surface area contributed by atoms with Gasteiger partial charge in [-0.2, -0.15) is 0 Å². The smallest absolute Gasteiger partial charge is 0.243 e. The molecule has 0 spiro atoms. The largest absolute Gasteiger partial charge is 0.354 e. The first kappa shape index (κ1) is 24.2. The lowest BCUT2D eigenvalue weighted by Gasteiger charge is -2.32. The van der Waals surface area contributed by atoms with Crippen LogP contribution in [0.4, 0.5) is 4.39 Å². The molecular formula is C28H31FN2O2. The third kappa shape index (κ3) is 7.56. The summed E-state index contributed by atoms with van der Waals surface area (Å²) >= 11 is 0. The maximum absolute atomic E-state index is 13.5. The Morgan fingerprint density at radius 1 is 0.818 bits per heavy atom. The zero-order valence-electron chi connectivity index (χ0n) is 19.2. The van der Waals surface area contributed by atoms with Gasteiger partial charge in [0.1, 0.15) is 11.9 Å². The minimum atomic E-state index is -0.667. The van der Waals surface area contributed by atoms with E-state index in [0.717, 1.165) is 11.1 Å². The molecule has 0 saturated carbocycles. The van der Waals surface area contributed by atoms with Crippen molar-refractivity contribution in [1.82, 2.24) is 10.2 Å². The molecule has 0 aliphatic rings. The molecule has 0 aliphatic carbocycles. The molecule has 3 rings (SSSR count). The lowest BCUT2D eigenvalue weighted by Crippen LogP contribution is -2.51. The number of carbonyl (C=O) groups excluding carboxylic acids is 2. The van der Waals surface area contributed by atoms with Crippen molar-refractivity contribution in [3.63, 3.8) is 0 Å². The molecule has 3 aromatic rings. The van der Waals surface area contributed by atoms with Gasteiger partial charge in [-0.25, -0.2) is 4.39 Å². The van der Waals surface area contributed by atoms with Crippen molar-refractivity contribution < 1.29 is 14.0 Å². The predicted molar refractivity (Wildman–Crippen MR) is 129 cm³/mol. The van der Waals surface area contributed by atoms with Crippen molar-refractivity contribution in [2.24, 2.45) is 5.92 Å². The Kier molecular flexibility index (Phi) is 8.76. The van der Waals surface area contributed by atoms with Gasteiger partial charge in [-0.15, -0.1) is 0 Å². The average Bonchev–Trinajstić information content (AvgIpc) is 2.82. The van der Waals surface area contributed by atoms with Gasteiger partial charge in [0.25, 0.3) is 0 Å². The zero-order chi connectivity index (χ0) is 23.6. The molecule has 2 amide bonds. The normalized spacial score (nSPS) is 11.8. The van der Waals surface area contributed by atoms with Crippen LogP contribution in [0.5, 0.6) is 0 Å². The molecule has 1 atom stereocenters. The highest BCUT2D eigenvalue weighted by molar-refractivity contribution is 5.88. The van der Waals surface area contributed by atoms with Crippen molar-refractivity contribution in [2.45, 2.75) is 39.3 Å². The topological polar surface area (TPSA) is 49.4 Å². The van der Waals surface area contributed by atoms with Crippen LogP contribution < -0.4 is 5.32 Å². The standard InChI is InChI=1S/C28H31FN2O2/c1-21(2)19-30-28(33)26(17-22-9-5-3-6-10-22)31(20-24-11-7-4-8-12-24)27(32)18-23-13-15-25(29)16-14-23/h3-16,21,26H,17-20H2,1-2H3,(H,30,33). The maximum atomic E-state index is 13.5. The molecule has 0 radical (unpaired) electrons. The number of amides is 2. The summed E-state index contributed by atoms with van der Waals surface area (Å²) in [6.07, 6.45) is 0.503. The first-order valence-electron chi connectivity index (χ1n) is 11.3. The summed E-state index contributed by atoms with van der Waals surface area (Å²) in [6.45, 7) is 4.92. The van der Waals surface area contributed by atoms with Crippen molar-refractivity contribution >= 4 is 11.8 Å². The van der Waals surface area contributed by atoms with E-state index in [4.69, 9.17) is 0 Å². The molecular weight excluding hydrogens is 415 g/mol. The van der Waals surface area contributed by atoms with Crippen LogP contribution >= 0.6 is 0 Å². The summed E-state index contributed by atoms with van der Waals surface area (Å²) in [5.74, 6) is -0.395. The van der Waals surface area contributed by atoms with E-state index in [0.29, 0.717) is 31.0 Å².